The highest BCUT2D eigenvalue weighted by Gasteiger charge is 2.14. The van der Waals surface area contributed by atoms with Crippen LogP contribution in [0.1, 0.15) is 0 Å². The first-order chi connectivity index (χ1) is 8.30. The van der Waals surface area contributed by atoms with E-state index in [-0.39, 0.29) is 0 Å². The van der Waals surface area contributed by atoms with Gasteiger partial charge in [-0.3, -0.25) is 0 Å². The Balaban J connectivity index is 2.56. The van der Waals surface area contributed by atoms with Gasteiger partial charge in [-0.15, -0.1) is 11.3 Å². The quantitative estimate of drug-likeness (QED) is 0.837. The zero-order chi connectivity index (χ0) is 12.3. The molecular formula is C12H13NO3S. The van der Waals surface area contributed by atoms with Crippen molar-refractivity contribution in [2.24, 2.45) is 0 Å². The second kappa shape index (κ2) is 5.05. The smallest absolute Gasteiger partial charge is 0.203 e. The molecule has 0 saturated heterocycles. The molecule has 0 fully saturated rings. The minimum absolute atomic E-state index is 0.592. The molecule has 0 bridgehead atoms. The average Bonchev–Trinajstić information content (AvgIpc) is 2.90. The Morgan fingerprint density at radius 1 is 1.00 bits per heavy atom. The van der Waals surface area contributed by atoms with E-state index in [0.717, 1.165) is 11.3 Å². The number of hydrogen-bond donors (Lipinski definition) is 0. The molecule has 5 heteroatoms. The third-order valence-corrected chi connectivity index (χ3v) is 2.98. The number of hydrogen-bond acceptors (Lipinski definition) is 5. The van der Waals surface area contributed by atoms with E-state index in [2.05, 4.69) is 4.98 Å². The maximum Gasteiger partial charge on any atom is 0.203 e. The molecule has 1 heterocycles. The van der Waals surface area contributed by atoms with Crippen molar-refractivity contribution in [2.45, 2.75) is 0 Å². The minimum Gasteiger partial charge on any atom is -0.493 e. The molecule has 17 heavy (non-hydrogen) atoms. The van der Waals surface area contributed by atoms with Crippen LogP contribution >= 0.6 is 11.3 Å². The van der Waals surface area contributed by atoms with Crippen LogP contribution in [-0.2, 0) is 0 Å². The lowest BCUT2D eigenvalue weighted by atomic mass is 10.1. The summed E-state index contributed by atoms with van der Waals surface area (Å²) >= 11 is 1.55. The number of aromatic nitrogens is 1. The maximum atomic E-state index is 5.29. The highest BCUT2D eigenvalue weighted by molar-refractivity contribution is 7.07. The lowest BCUT2D eigenvalue weighted by molar-refractivity contribution is 0.324. The highest BCUT2D eigenvalue weighted by Crippen LogP contribution is 2.40. The fourth-order valence-corrected chi connectivity index (χ4v) is 2.15. The van der Waals surface area contributed by atoms with Crippen molar-refractivity contribution in [3.63, 3.8) is 0 Å². The predicted octanol–water partition coefficient (Wildman–Crippen LogP) is 2.84. The molecule has 0 aliphatic carbocycles. The molecule has 1 aromatic carbocycles. The van der Waals surface area contributed by atoms with Gasteiger partial charge in [-0.1, -0.05) is 0 Å². The topological polar surface area (TPSA) is 40.6 Å². The first-order valence-corrected chi connectivity index (χ1v) is 5.93. The van der Waals surface area contributed by atoms with Gasteiger partial charge in [0.1, 0.15) is 0 Å². The standard InChI is InChI=1S/C12H13NO3S/c1-14-10-4-8(9-6-17-7-13-9)5-11(15-2)12(10)16-3/h4-7H,1-3H3. The molecular weight excluding hydrogens is 238 g/mol. The van der Waals surface area contributed by atoms with Gasteiger partial charge >= 0.3 is 0 Å². The van der Waals surface area contributed by atoms with E-state index in [1.54, 1.807) is 38.2 Å². The molecule has 0 spiro atoms. The van der Waals surface area contributed by atoms with Crippen molar-refractivity contribution >= 4 is 11.3 Å². The number of nitrogens with zero attached hydrogens (tertiary/aromatic N) is 1. The molecule has 2 rings (SSSR count). The van der Waals surface area contributed by atoms with Crippen LogP contribution in [0.4, 0.5) is 0 Å². The van der Waals surface area contributed by atoms with Gasteiger partial charge in [-0.2, -0.15) is 0 Å². The lowest BCUT2D eigenvalue weighted by Gasteiger charge is -2.13. The SMILES string of the molecule is COc1cc(-c2cscn2)cc(OC)c1OC. The van der Waals surface area contributed by atoms with E-state index in [9.17, 15) is 0 Å². The fourth-order valence-electron chi connectivity index (χ4n) is 1.58. The van der Waals surface area contributed by atoms with Crippen molar-refractivity contribution in [1.82, 2.24) is 4.98 Å². The van der Waals surface area contributed by atoms with E-state index in [0.29, 0.717) is 17.2 Å². The summed E-state index contributed by atoms with van der Waals surface area (Å²) in [6.45, 7) is 0. The summed E-state index contributed by atoms with van der Waals surface area (Å²) in [7, 11) is 4.78. The monoisotopic (exact) mass is 251 g/mol. The Morgan fingerprint density at radius 2 is 1.65 bits per heavy atom. The number of methoxy groups -OCH3 is 3. The summed E-state index contributed by atoms with van der Waals surface area (Å²) in [6.07, 6.45) is 0. The molecule has 1 aromatic heterocycles. The summed E-state index contributed by atoms with van der Waals surface area (Å²) in [4.78, 5) is 4.26. The van der Waals surface area contributed by atoms with Crippen LogP contribution in [0.3, 0.4) is 0 Å². The molecule has 0 aliphatic rings. The van der Waals surface area contributed by atoms with Gasteiger partial charge in [0.25, 0.3) is 0 Å². The van der Waals surface area contributed by atoms with Gasteiger partial charge in [0.05, 0.1) is 32.5 Å². The second-order valence-electron chi connectivity index (χ2n) is 3.29. The van der Waals surface area contributed by atoms with Crippen molar-refractivity contribution in [3.05, 3.63) is 23.0 Å². The Kier molecular flexibility index (Phi) is 3.49. The second-order valence-corrected chi connectivity index (χ2v) is 4.01. The molecule has 4 nitrogen and oxygen atoms in total. The molecule has 0 saturated carbocycles. The van der Waals surface area contributed by atoms with Gasteiger partial charge in [-0.25, -0.2) is 4.98 Å². The molecule has 0 amide bonds. The third-order valence-electron chi connectivity index (χ3n) is 2.39. The van der Waals surface area contributed by atoms with E-state index in [4.69, 9.17) is 14.2 Å². The van der Waals surface area contributed by atoms with Gasteiger partial charge in [0, 0.05) is 10.9 Å². The van der Waals surface area contributed by atoms with Crippen LogP contribution in [0, 0.1) is 0 Å². The Morgan fingerprint density at radius 3 is 2.06 bits per heavy atom. The number of benzene rings is 1. The van der Waals surface area contributed by atoms with E-state index >= 15 is 0 Å². The molecule has 0 N–H and O–H groups in total. The van der Waals surface area contributed by atoms with Crippen molar-refractivity contribution in [2.75, 3.05) is 21.3 Å². The summed E-state index contributed by atoms with van der Waals surface area (Å²) in [5, 5.41) is 1.97. The van der Waals surface area contributed by atoms with Gasteiger partial charge in [-0.05, 0) is 12.1 Å². The van der Waals surface area contributed by atoms with Gasteiger partial charge < -0.3 is 14.2 Å². The van der Waals surface area contributed by atoms with Crippen LogP contribution in [0.15, 0.2) is 23.0 Å². The van der Waals surface area contributed by atoms with Crippen LogP contribution < -0.4 is 14.2 Å². The van der Waals surface area contributed by atoms with E-state index < -0.39 is 0 Å². The molecule has 0 aliphatic heterocycles. The molecule has 0 radical (unpaired) electrons. The normalized spacial score (nSPS) is 10.1. The van der Waals surface area contributed by atoms with Crippen molar-refractivity contribution in [3.8, 4) is 28.5 Å². The summed E-state index contributed by atoms with van der Waals surface area (Å²) < 4.78 is 15.8. The molecule has 2 aromatic rings. The number of ether oxygens (including phenoxy) is 3. The van der Waals surface area contributed by atoms with Crippen LogP contribution in [-0.4, -0.2) is 26.3 Å². The predicted molar refractivity (Wildman–Crippen MR) is 67.2 cm³/mol. The molecule has 0 unspecified atom stereocenters. The lowest BCUT2D eigenvalue weighted by Crippen LogP contribution is -1.95. The Bertz CT molecular complexity index is 471. The summed E-state index contributed by atoms with van der Waals surface area (Å²) in [5.74, 6) is 1.86. The molecule has 0 atom stereocenters. The van der Waals surface area contributed by atoms with Crippen molar-refractivity contribution < 1.29 is 14.2 Å². The van der Waals surface area contributed by atoms with E-state index in [1.165, 1.54) is 0 Å². The minimum atomic E-state index is 0.592. The first kappa shape index (κ1) is 11.7. The number of thiazole rings is 1. The van der Waals surface area contributed by atoms with Crippen molar-refractivity contribution in [1.29, 1.82) is 0 Å². The summed E-state index contributed by atoms with van der Waals surface area (Å²) in [5.41, 5.74) is 3.63. The zero-order valence-corrected chi connectivity index (χ0v) is 10.7. The van der Waals surface area contributed by atoms with Gasteiger partial charge in [0.15, 0.2) is 11.5 Å². The fraction of sp³-hybridized carbons (Fsp3) is 0.250. The van der Waals surface area contributed by atoms with Crippen LogP contribution in [0.2, 0.25) is 0 Å². The van der Waals surface area contributed by atoms with Crippen LogP contribution in [0.5, 0.6) is 17.2 Å². The third kappa shape index (κ3) is 2.19. The average molecular weight is 251 g/mol. The maximum absolute atomic E-state index is 5.29. The van der Waals surface area contributed by atoms with Crippen LogP contribution in [0.25, 0.3) is 11.3 Å². The summed E-state index contributed by atoms with van der Waals surface area (Å²) in [6, 6.07) is 3.77. The van der Waals surface area contributed by atoms with Gasteiger partial charge in [0.2, 0.25) is 5.75 Å². The number of rotatable bonds is 4. The zero-order valence-electron chi connectivity index (χ0n) is 9.89. The molecule has 90 valence electrons. The highest BCUT2D eigenvalue weighted by atomic mass is 32.1. The van der Waals surface area contributed by atoms with E-state index in [1.807, 2.05) is 17.5 Å². The largest absolute Gasteiger partial charge is 0.493 e. The first-order valence-electron chi connectivity index (χ1n) is 4.98. The Labute approximate surface area is 104 Å². The Hall–Kier alpha value is -1.75.